The van der Waals surface area contributed by atoms with Crippen LogP contribution in [0.3, 0.4) is 0 Å². The number of benzene rings is 1. The average Bonchev–Trinajstić information content (AvgIpc) is 2.84. The number of piperidine rings is 1. The average molecular weight is 229 g/mol. The van der Waals surface area contributed by atoms with Gasteiger partial charge < -0.3 is 5.32 Å². The molecule has 1 nitrogen and oxygen atoms in total. The summed E-state index contributed by atoms with van der Waals surface area (Å²) >= 11 is 0. The topological polar surface area (TPSA) is 12.0 Å². The van der Waals surface area contributed by atoms with E-state index in [9.17, 15) is 0 Å². The highest BCUT2D eigenvalue weighted by Gasteiger charge is 2.20. The van der Waals surface area contributed by atoms with Crippen molar-refractivity contribution >= 4 is 0 Å². The molecule has 0 spiro atoms. The van der Waals surface area contributed by atoms with E-state index < -0.39 is 0 Å². The van der Waals surface area contributed by atoms with E-state index in [-0.39, 0.29) is 0 Å². The number of hydrogen-bond donors (Lipinski definition) is 1. The molecule has 1 heterocycles. The van der Waals surface area contributed by atoms with E-state index in [4.69, 9.17) is 0 Å². The third-order valence-corrected chi connectivity index (χ3v) is 4.58. The van der Waals surface area contributed by atoms with Crippen molar-refractivity contribution in [2.45, 2.75) is 45.4 Å². The van der Waals surface area contributed by atoms with Gasteiger partial charge in [-0.2, -0.15) is 0 Å². The summed E-state index contributed by atoms with van der Waals surface area (Å²) in [7, 11) is 0. The molecule has 1 fully saturated rings. The third kappa shape index (κ3) is 2.26. The molecule has 17 heavy (non-hydrogen) atoms. The van der Waals surface area contributed by atoms with E-state index >= 15 is 0 Å². The Labute approximate surface area is 105 Å². The molecule has 1 heteroatoms. The van der Waals surface area contributed by atoms with Gasteiger partial charge in [-0.3, -0.25) is 0 Å². The Morgan fingerprint density at radius 3 is 2.71 bits per heavy atom. The van der Waals surface area contributed by atoms with Crippen LogP contribution in [0.25, 0.3) is 0 Å². The molecule has 1 aromatic carbocycles. The van der Waals surface area contributed by atoms with Gasteiger partial charge in [0.1, 0.15) is 0 Å². The molecule has 0 unspecified atom stereocenters. The predicted molar refractivity (Wildman–Crippen MR) is 72.5 cm³/mol. The van der Waals surface area contributed by atoms with E-state index in [1.54, 1.807) is 16.7 Å². The van der Waals surface area contributed by atoms with E-state index in [1.165, 1.54) is 57.2 Å². The van der Waals surface area contributed by atoms with Crippen molar-refractivity contribution in [1.82, 2.24) is 5.32 Å². The zero-order valence-electron chi connectivity index (χ0n) is 10.9. The molecule has 2 aliphatic rings. The lowest BCUT2D eigenvalue weighted by atomic mass is 9.87. The van der Waals surface area contributed by atoms with Crippen LogP contribution >= 0.6 is 0 Å². The highest BCUT2D eigenvalue weighted by Crippen LogP contribution is 2.30. The van der Waals surface area contributed by atoms with Crippen LogP contribution < -0.4 is 5.32 Å². The molecule has 0 aromatic heterocycles. The van der Waals surface area contributed by atoms with Crippen molar-refractivity contribution in [2.24, 2.45) is 5.92 Å². The van der Waals surface area contributed by atoms with Gasteiger partial charge in [0.05, 0.1) is 0 Å². The first-order chi connectivity index (χ1) is 8.34. The Hall–Kier alpha value is -0.820. The number of fused-ring (bicyclic) bond motifs is 1. The molecule has 0 saturated carbocycles. The minimum atomic E-state index is 0.920. The zero-order valence-corrected chi connectivity index (χ0v) is 10.9. The fourth-order valence-electron chi connectivity index (χ4n) is 3.55. The van der Waals surface area contributed by atoms with Gasteiger partial charge in [0.25, 0.3) is 0 Å². The van der Waals surface area contributed by atoms with Crippen LogP contribution in [0.5, 0.6) is 0 Å². The molecule has 1 aliphatic heterocycles. The van der Waals surface area contributed by atoms with E-state index in [1.807, 2.05) is 0 Å². The maximum atomic E-state index is 3.46. The minimum Gasteiger partial charge on any atom is -0.317 e. The summed E-state index contributed by atoms with van der Waals surface area (Å²) in [6.07, 6.45) is 8.08. The highest BCUT2D eigenvalue weighted by molar-refractivity contribution is 5.43. The SMILES string of the molecule is Cc1ccc(CC2CCNCC2)c2c1CCC2. The van der Waals surface area contributed by atoms with Gasteiger partial charge in [-0.15, -0.1) is 0 Å². The van der Waals surface area contributed by atoms with Crippen LogP contribution in [0.2, 0.25) is 0 Å². The maximum absolute atomic E-state index is 3.46. The van der Waals surface area contributed by atoms with Crippen LogP contribution in [0.1, 0.15) is 41.5 Å². The summed E-state index contributed by atoms with van der Waals surface area (Å²) in [6, 6.07) is 4.75. The lowest BCUT2D eigenvalue weighted by Crippen LogP contribution is -2.28. The van der Waals surface area contributed by atoms with Gasteiger partial charge >= 0.3 is 0 Å². The largest absolute Gasteiger partial charge is 0.317 e. The van der Waals surface area contributed by atoms with Gasteiger partial charge in [-0.25, -0.2) is 0 Å². The van der Waals surface area contributed by atoms with Crippen molar-refractivity contribution in [3.05, 3.63) is 34.4 Å². The Balaban J connectivity index is 1.81. The number of aryl methyl sites for hydroxylation is 1. The third-order valence-electron chi connectivity index (χ3n) is 4.58. The minimum absolute atomic E-state index is 0.920. The predicted octanol–water partition coefficient (Wildman–Crippen LogP) is 3.03. The Bertz CT molecular complexity index is 402. The first kappa shape index (κ1) is 11.3. The maximum Gasteiger partial charge on any atom is -0.00462 e. The summed E-state index contributed by atoms with van der Waals surface area (Å²) in [5.41, 5.74) is 6.57. The van der Waals surface area contributed by atoms with Crippen LogP contribution in [0.4, 0.5) is 0 Å². The van der Waals surface area contributed by atoms with Gasteiger partial charge in [0.2, 0.25) is 0 Å². The van der Waals surface area contributed by atoms with E-state index in [0.717, 1.165) is 5.92 Å². The summed E-state index contributed by atoms with van der Waals surface area (Å²) < 4.78 is 0. The quantitative estimate of drug-likeness (QED) is 0.822. The van der Waals surface area contributed by atoms with Crippen LogP contribution in [-0.4, -0.2) is 13.1 Å². The van der Waals surface area contributed by atoms with Crippen LogP contribution in [0.15, 0.2) is 12.1 Å². The van der Waals surface area contributed by atoms with Gasteiger partial charge in [0, 0.05) is 0 Å². The summed E-state index contributed by atoms with van der Waals surface area (Å²) in [5, 5.41) is 3.46. The zero-order chi connectivity index (χ0) is 11.7. The van der Waals surface area contributed by atoms with Gasteiger partial charge in [-0.05, 0) is 86.7 Å². The molecule has 1 aliphatic carbocycles. The van der Waals surface area contributed by atoms with Crippen LogP contribution in [0, 0.1) is 12.8 Å². The van der Waals surface area contributed by atoms with Crippen molar-refractivity contribution in [3.63, 3.8) is 0 Å². The molecule has 0 radical (unpaired) electrons. The number of hydrogen-bond acceptors (Lipinski definition) is 1. The molecule has 92 valence electrons. The van der Waals surface area contributed by atoms with Crippen molar-refractivity contribution in [1.29, 1.82) is 0 Å². The molecular weight excluding hydrogens is 206 g/mol. The van der Waals surface area contributed by atoms with Crippen molar-refractivity contribution < 1.29 is 0 Å². The van der Waals surface area contributed by atoms with E-state index in [2.05, 4.69) is 24.4 Å². The summed E-state index contributed by atoms with van der Waals surface area (Å²) in [4.78, 5) is 0. The second-order valence-electron chi connectivity index (χ2n) is 5.75. The second-order valence-corrected chi connectivity index (χ2v) is 5.75. The monoisotopic (exact) mass is 229 g/mol. The summed E-state index contributed by atoms with van der Waals surface area (Å²) in [5.74, 6) is 0.920. The van der Waals surface area contributed by atoms with Gasteiger partial charge in [0.15, 0.2) is 0 Å². The van der Waals surface area contributed by atoms with Crippen LogP contribution in [-0.2, 0) is 19.3 Å². The molecule has 3 rings (SSSR count). The number of rotatable bonds is 2. The Morgan fingerprint density at radius 2 is 1.88 bits per heavy atom. The fourth-order valence-corrected chi connectivity index (χ4v) is 3.55. The van der Waals surface area contributed by atoms with Crippen molar-refractivity contribution in [3.8, 4) is 0 Å². The van der Waals surface area contributed by atoms with E-state index in [0.29, 0.717) is 0 Å². The smallest absolute Gasteiger partial charge is 0.00462 e. The second kappa shape index (κ2) is 4.81. The number of nitrogens with one attached hydrogen (secondary N) is 1. The lowest BCUT2D eigenvalue weighted by molar-refractivity contribution is 0.372. The Morgan fingerprint density at radius 1 is 1.12 bits per heavy atom. The highest BCUT2D eigenvalue weighted by atomic mass is 14.9. The first-order valence-electron chi connectivity index (χ1n) is 7.15. The molecule has 1 saturated heterocycles. The molecule has 0 atom stereocenters. The molecule has 1 aromatic rings. The van der Waals surface area contributed by atoms with Crippen molar-refractivity contribution in [2.75, 3.05) is 13.1 Å². The molecular formula is C16H23N. The fraction of sp³-hybridized carbons (Fsp3) is 0.625. The first-order valence-corrected chi connectivity index (χ1v) is 7.15. The summed E-state index contributed by atoms with van der Waals surface area (Å²) in [6.45, 7) is 4.72. The standard InChI is InChI=1S/C16H23N/c1-12-5-6-14(16-4-2-3-15(12)16)11-13-7-9-17-10-8-13/h5-6,13,17H,2-4,7-11H2,1H3. The molecule has 0 bridgehead atoms. The van der Waals surface area contributed by atoms with Gasteiger partial charge in [-0.1, -0.05) is 12.1 Å². The molecule has 0 amide bonds. The lowest BCUT2D eigenvalue weighted by Gasteiger charge is -2.24. The normalized spacial score (nSPS) is 20.5. The Kier molecular flexibility index (Phi) is 3.19. The molecule has 1 N–H and O–H groups in total.